The van der Waals surface area contributed by atoms with Crippen molar-refractivity contribution in [2.45, 2.75) is 44.1 Å². The van der Waals surface area contributed by atoms with Crippen molar-refractivity contribution >= 4 is 5.91 Å². The molecule has 2 saturated heterocycles. The maximum atomic E-state index is 12.6. The standard InChI is InChI=1S/C18H23N7O2/c26-18(15-10-19-4-5-20-15)23-6-1-13(2-7-23)24-8-3-17-16(11-24)25-14(12-27-17)9-21-22-25/h4-5,9-10,13,16-17H,1-3,6-8,11-12H2/t16-,17-/m1/s1. The van der Waals surface area contributed by atoms with Gasteiger partial charge in [-0.1, -0.05) is 5.21 Å². The molecule has 0 bridgehead atoms. The molecule has 2 aromatic rings. The average Bonchev–Trinajstić information content (AvgIpc) is 3.23. The maximum Gasteiger partial charge on any atom is 0.274 e. The third-order valence-electron chi connectivity index (χ3n) is 6.01. The van der Waals surface area contributed by atoms with Crippen LogP contribution in [0.4, 0.5) is 0 Å². The van der Waals surface area contributed by atoms with Gasteiger partial charge in [-0.2, -0.15) is 0 Å². The molecule has 3 aliphatic heterocycles. The molecule has 2 atom stereocenters. The van der Waals surface area contributed by atoms with E-state index < -0.39 is 0 Å². The highest BCUT2D eigenvalue weighted by molar-refractivity contribution is 5.92. The molecule has 0 saturated carbocycles. The first-order chi connectivity index (χ1) is 13.3. The van der Waals surface area contributed by atoms with Crippen LogP contribution in [0.5, 0.6) is 0 Å². The van der Waals surface area contributed by atoms with Crippen LogP contribution in [0.3, 0.4) is 0 Å². The molecule has 0 unspecified atom stereocenters. The Bertz CT molecular complexity index is 803. The molecule has 0 N–H and O–H groups in total. The number of aromatic nitrogens is 5. The zero-order valence-electron chi connectivity index (χ0n) is 15.1. The summed E-state index contributed by atoms with van der Waals surface area (Å²) in [7, 11) is 0. The largest absolute Gasteiger partial charge is 0.370 e. The van der Waals surface area contributed by atoms with Crippen LogP contribution in [0.15, 0.2) is 24.8 Å². The Morgan fingerprint density at radius 2 is 2.00 bits per heavy atom. The Morgan fingerprint density at radius 1 is 1.11 bits per heavy atom. The molecule has 27 heavy (non-hydrogen) atoms. The second-order valence-electron chi connectivity index (χ2n) is 7.48. The molecule has 0 spiro atoms. The first-order valence-corrected chi connectivity index (χ1v) is 9.59. The number of rotatable bonds is 2. The summed E-state index contributed by atoms with van der Waals surface area (Å²) in [5.41, 5.74) is 1.48. The van der Waals surface area contributed by atoms with Gasteiger partial charge >= 0.3 is 0 Å². The zero-order chi connectivity index (χ0) is 18.2. The normalized spacial score (nSPS) is 26.4. The van der Waals surface area contributed by atoms with Gasteiger partial charge < -0.3 is 9.64 Å². The predicted octanol–water partition coefficient (Wildman–Crippen LogP) is 0.518. The Kier molecular flexibility index (Phi) is 4.33. The lowest BCUT2D eigenvalue weighted by atomic mass is 9.95. The van der Waals surface area contributed by atoms with Gasteiger partial charge in [0.1, 0.15) is 5.69 Å². The lowest BCUT2D eigenvalue weighted by Gasteiger charge is -2.46. The van der Waals surface area contributed by atoms with Crippen LogP contribution in [0.1, 0.15) is 41.5 Å². The highest BCUT2D eigenvalue weighted by Crippen LogP contribution is 2.32. The Hall–Kier alpha value is -2.39. The minimum Gasteiger partial charge on any atom is -0.370 e. The number of likely N-dealkylation sites (tertiary alicyclic amines) is 2. The molecule has 2 aromatic heterocycles. The van der Waals surface area contributed by atoms with Crippen LogP contribution in [-0.2, 0) is 11.3 Å². The van der Waals surface area contributed by atoms with Crippen molar-refractivity contribution in [1.82, 2.24) is 34.8 Å². The Balaban J connectivity index is 1.21. The highest BCUT2D eigenvalue weighted by atomic mass is 16.5. The van der Waals surface area contributed by atoms with E-state index in [1.807, 2.05) is 9.58 Å². The first-order valence-electron chi connectivity index (χ1n) is 9.59. The van der Waals surface area contributed by atoms with Crippen LogP contribution in [-0.4, -0.2) is 79.0 Å². The van der Waals surface area contributed by atoms with Gasteiger partial charge in [0, 0.05) is 44.6 Å². The molecule has 9 heteroatoms. The number of carbonyl (C=O) groups excluding carboxylic acids is 1. The van der Waals surface area contributed by atoms with E-state index in [-0.39, 0.29) is 18.1 Å². The number of ether oxygens (including phenoxy) is 1. The van der Waals surface area contributed by atoms with Gasteiger partial charge in [0.25, 0.3) is 5.91 Å². The SMILES string of the molecule is O=C(c1cnccn1)N1CCC(N2CC[C@H]3OCc4cnnn4[C@@H]3C2)CC1. The lowest BCUT2D eigenvalue weighted by molar-refractivity contribution is -0.0757. The number of hydrogen-bond acceptors (Lipinski definition) is 7. The van der Waals surface area contributed by atoms with Gasteiger partial charge in [0.15, 0.2) is 0 Å². The fourth-order valence-corrected chi connectivity index (χ4v) is 4.54. The Labute approximate surface area is 157 Å². The molecule has 9 nitrogen and oxygen atoms in total. The van der Waals surface area contributed by atoms with Gasteiger partial charge in [0.2, 0.25) is 0 Å². The summed E-state index contributed by atoms with van der Waals surface area (Å²) in [6.07, 6.45) is 9.69. The van der Waals surface area contributed by atoms with Gasteiger partial charge in [-0.15, -0.1) is 5.10 Å². The summed E-state index contributed by atoms with van der Waals surface area (Å²) >= 11 is 0. The molecule has 5 rings (SSSR count). The number of carbonyl (C=O) groups is 1. The van der Waals surface area contributed by atoms with Crippen LogP contribution < -0.4 is 0 Å². The van der Waals surface area contributed by atoms with E-state index in [1.54, 1.807) is 18.6 Å². The van der Waals surface area contributed by atoms with Crippen molar-refractivity contribution in [2.75, 3.05) is 26.2 Å². The van der Waals surface area contributed by atoms with Gasteiger partial charge in [0.05, 0.1) is 36.8 Å². The van der Waals surface area contributed by atoms with Crippen molar-refractivity contribution < 1.29 is 9.53 Å². The molecule has 5 heterocycles. The van der Waals surface area contributed by atoms with E-state index in [0.717, 1.165) is 51.1 Å². The van der Waals surface area contributed by atoms with Crippen LogP contribution in [0, 0.1) is 0 Å². The number of amides is 1. The molecule has 2 fully saturated rings. The molecule has 142 valence electrons. The predicted molar refractivity (Wildman–Crippen MR) is 94.8 cm³/mol. The zero-order valence-corrected chi connectivity index (χ0v) is 15.1. The summed E-state index contributed by atoms with van der Waals surface area (Å²) in [5, 5.41) is 8.33. The summed E-state index contributed by atoms with van der Waals surface area (Å²) in [5.74, 6) is -0.0202. The van der Waals surface area contributed by atoms with Crippen molar-refractivity contribution in [2.24, 2.45) is 0 Å². The summed E-state index contributed by atoms with van der Waals surface area (Å²) < 4.78 is 8.06. The molecular weight excluding hydrogens is 346 g/mol. The van der Waals surface area contributed by atoms with Crippen molar-refractivity contribution in [1.29, 1.82) is 0 Å². The maximum absolute atomic E-state index is 12.6. The number of fused-ring (bicyclic) bond motifs is 3. The van der Waals surface area contributed by atoms with Crippen molar-refractivity contribution in [3.8, 4) is 0 Å². The second-order valence-corrected chi connectivity index (χ2v) is 7.48. The summed E-state index contributed by atoms with van der Waals surface area (Å²) in [4.78, 5) is 25.1. The van der Waals surface area contributed by atoms with Crippen molar-refractivity contribution in [3.63, 3.8) is 0 Å². The third kappa shape index (κ3) is 3.10. The quantitative estimate of drug-likeness (QED) is 0.762. The smallest absolute Gasteiger partial charge is 0.274 e. The van der Waals surface area contributed by atoms with Crippen LogP contribution in [0.25, 0.3) is 0 Å². The number of piperidine rings is 2. The van der Waals surface area contributed by atoms with E-state index in [9.17, 15) is 4.79 Å². The van der Waals surface area contributed by atoms with Gasteiger partial charge in [-0.3, -0.25) is 14.7 Å². The number of nitrogens with zero attached hydrogens (tertiary/aromatic N) is 7. The van der Waals surface area contributed by atoms with E-state index in [4.69, 9.17) is 4.74 Å². The fourth-order valence-electron chi connectivity index (χ4n) is 4.54. The molecule has 0 aromatic carbocycles. The average molecular weight is 369 g/mol. The topological polar surface area (TPSA) is 89.3 Å². The molecular formula is C18H23N7O2. The van der Waals surface area contributed by atoms with Gasteiger partial charge in [-0.05, 0) is 19.3 Å². The van der Waals surface area contributed by atoms with Crippen molar-refractivity contribution in [3.05, 3.63) is 36.2 Å². The number of hydrogen-bond donors (Lipinski definition) is 0. The van der Waals surface area contributed by atoms with E-state index in [1.165, 1.54) is 6.20 Å². The van der Waals surface area contributed by atoms with Crippen LogP contribution in [0.2, 0.25) is 0 Å². The molecule has 0 aliphatic carbocycles. The fraction of sp³-hybridized carbons (Fsp3) is 0.611. The summed E-state index contributed by atoms with van der Waals surface area (Å²) in [6, 6.07) is 0.731. The van der Waals surface area contributed by atoms with Crippen LogP contribution >= 0.6 is 0 Å². The third-order valence-corrected chi connectivity index (χ3v) is 6.01. The highest BCUT2D eigenvalue weighted by Gasteiger charge is 2.39. The van der Waals surface area contributed by atoms with E-state index in [0.29, 0.717) is 18.3 Å². The van der Waals surface area contributed by atoms with E-state index >= 15 is 0 Å². The lowest BCUT2D eigenvalue weighted by Crippen LogP contribution is -2.54. The molecule has 1 amide bonds. The molecule has 0 radical (unpaired) electrons. The van der Waals surface area contributed by atoms with Gasteiger partial charge in [-0.25, -0.2) is 9.67 Å². The van der Waals surface area contributed by atoms with E-state index in [2.05, 4.69) is 25.2 Å². The minimum atomic E-state index is -0.0202. The monoisotopic (exact) mass is 369 g/mol. The minimum absolute atomic E-state index is 0.0202. The molecule has 3 aliphatic rings. The summed E-state index contributed by atoms with van der Waals surface area (Å²) in [6.45, 7) is 4.10. The second kappa shape index (κ2) is 6.97. The first kappa shape index (κ1) is 16.8. The Morgan fingerprint density at radius 3 is 2.81 bits per heavy atom.